The van der Waals surface area contributed by atoms with Crippen LogP contribution in [0.5, 0.6) is 5.75 Å². The van der Waals surface area contributed by atoms with Crippen molar-refractivity contribution in [2.75, 3.05) is 32.8 Å². The average molecular weight is 315 g/mol. The molecule has 1 aromatic rings. The molecule has 1 aliphatic heterocycles. The molecule has 2 saturated carbocycles. The fourth-order valence-electron chi connectivity index (χ4n) is 4.91. The smallest absolute Gasteiger partial charge is 0.260 e. The Morgan fingerprint density at radius 2 is 1.91 bits per heavy atom. The molecular formula is C19H27N2O2+. The highest BCUT2D eigenvalue weighted by molar-refractivity contribution is 5.77. The highest BCUT2D eigenvalue weighted by Crippen LogP contribution is 2.43. The summed E-state index contributed by atoms with van der Waals surface area (Å²) in [6, 6.07) is 10.5. The van der Waals surface area contributed by atoms with Crippen molar-refractivity contribution in [3.63, 3.8) is 0 Å². The Kier molecular flexibility index (Phi) is 4.25. The van der Waals surface area contributed by atoms with E-state index in [2.05, 4.69) is 0 Å². The van der Waals surface area contributed by atoms with Crippen molar-refractivity contribution in [2.45, 2.75) is 31.7 Å². The molecule has 1 saturated heterocycles. The fourth-order valence-corrected chi connectivity index (χ4v) is 4.91. The third-order valence-electron chi connectivity index (χ3n) is 6.13. The minimum atomic E-state index is 0.126. The van der Waals surface area contributed by atoms with E-state index in [-0.39, 0.29) is 12.5 Å². The molecule has 4 nitrogen and oxygen atoms in total. The number of nitrogens with one attached hydrogen (secondary N) is 1. The first-order valence-corrected chi connectivity index (χ1v) is 9.10. The van der Waals surface area contributed by atoms with E-state index in [0.717, 1.165) is 49.8 Å². The minimum Gasteiger partial charge on any atom is -0.484 e. The summed E-state index contributed by atoms with van der Waals surface area (Å²) in [5.74, 6) is 2.88. The van der Waals surface area contributed by atoms with Crippen molar-refractivity contribution in [3.8, 4) is 5.75 Å². The molecule has 2 aliphatic carbocycles. The lowest BCUT2D eigenvalue weighted by molar-refractivity contribution is -0.932. The number of hydrogen-bond donors (Lipinski definition) is 1. The van der Waals surface area contributed by atoms with E-state index in [0.29, 0.717) is 0 Å². The van der Waals surface area contributed by atoms with Crippen LogP contribution in [0.25, 0.3) is 0 Å². The molecule has 0 aromatic heterocycles. The second-order valence-electron chi connectivity index (χ2n) is 7.42. The molecule has 0 unspecified atom stereocenters. The van der Waals surface area contributed by atoms with Crippen LogP contribution in [-0.4, -0.2) is 49.6 Å². The Bertz CT molecular complexity index is 540. The molecule has 4 heteroatoms. The summed E-state index contributed by atoms with van der Waals surface area (Å²) in [5.41, 5.74) is 0. The molecule has 2 bridgehead atoms. The van der Waals surface area contributed by atoms with Crippen LogP contribution in [0.1, 0.15) is 25.7 Å². The molecule has 3 atom stereocenters. The number of benzene rings is 1. The number of nitrogens with zero attached hydrogens (tertiary/aromatic N) is 1. The Morgan fingerprint density at radius 3 is 2.57 bits per heavy atom. The lowest BCUT2D eigenvalue weighted by Crippen LogP contribution is -3.18. The summed E-state index contributed by atoms with van der Waals surface area (Å²) in [6.45, 7) is 4.17. The zero-order valence-electron chi connectivity index (χ0n) is 13.7. The largest absolute Gasteiger partial charge is 0.484 e. The molecule has 23 heavy (non-hydrogen) atoms. The monoisotopic (exact) mass is 315 g/mol. The average Bonchev–Trinajstić information content (AvgIpc) is 3.24. The zero-order valence-corrected chi connectivity index (χ0v) is 13.7. The van der Waals surface area contributed by atoms with E-state index in [9.17, 15) is 4.79 Å². The van der Waals surface area contributed by atoms with Gasteiger partial charge in [-0.1, -0.05) is 18.2 Å². The molecular weight excluding hydrogens is 288 g/mol. The SMILES string of the molecule is O=C(COc1ccccc1)N1CC[NH+]([C@@H]2C[C@H]3CC[C@@H]2C3)CC1. The zero-order chi connectivity index (χ0) is 15.6. The van der Waals surface area contributed by atoms with E-state index >= 15 is 0 Å². The first-order chi connectivity index (χ1) is 11.3. The summed E-state index contributed by atoms with van der Waals surface area (Å²) < 4.78 is 5.59. The number of quaternary nitrogens is 1. The maximum Gasteiger partial charge on any atom is 0.260 e. The number of para-hydroxylation sites is 1. The van der Waals surface area contributed by atoms with Gasteiger partial charge in [0.2, 0.25) is 0 Å². The van der Waals surface area contributed by atoms with Crippen LogP contribution in [0.2, 0.25) is 0 Å². The number of hydrogen-bond acceptors (Lipinski definition) is 2. The standard InChI is InChI=1S/C19H26N2O2/c22-19(14-23-17-4-2-1-3-5-17)21-10-8-20(9-11-21)18-13-15-6-7-16(18)12-15/h1-5,15-16,18H,6-14H2/p+1/t15-,16+,18+/m0/s1. The molecule has 3 fully saturated rings. The molecule has 1 amide bonds. The van der Waals surface area contributed by atoms with Gasteiger partial charge in [-0.25, -0.2) is 0 Å². The molecule has 1 aromatic carbocycles. The summed E-state index contributed by atoms with van der Waals surface area (Å²) in [4.78, 5) is 16.1. The highest BCUT2D eigenvalue weighted by atomic mass is 16.5. The van der Waals surface area contributed by atoms with Crippen molar-refractivity contribution in [3.05, 3.63) is 30.3 Å². The summed E-state index contributed by atoms with van der Waals surface area (Å²) >= 11 is 0. The van der Waals surface area contributed by atoms with Gasteiger partial charge in [0.05, 0.1) is 32.2 Å². The maximum atomic E-state index is 12.3. The van der Waals surface area contributed by atoms with Crippen LogP contribution in [0.3, 0.4) is 0 Å². The van der Waals surface area contributed by atoms with E-state index in [1.807, 2.05) is 35.2 Å². The molecule has 0 radical (unpaired) electrons. The maximum absolute atomic E-state index is 12.3. The van der Waals surface area contributed by atoms with Gasteiger partial charge in [0.15, 0.2) is 6.61 Å². The number of ether oxygens (including phenoxy) is 1. The van der Waals surface area contributed by atoms with Crippen molar-refractivity contribution in [2.24, 2.45) is 11.8 Å². The number of fused-ring (bicyclic) bond motifs is 2. The van der Waals surface area contributed by atoms with Crippen LogP contribution >= 0.6 is 0 Å². The van der Waals surface area contributed by atoms with Gasteiger partial charge in [0.1, 0.15) is 5.75 Å². The second kappa shape index (κ2) is 6.52. The third kappa shape index (κ3) is 3.23. The van der Waals surface area contributed by atoms with Crippen molar-refractivity contribution in [1.29, 1.82) is 0 Å². The van der Waals surface area contributed by atoms with Gasteiger partial charge < -0.3 is 14.5 Å². The first-order valence-electron chi connectivity index (χ1n) is 9.10. The van der Waals surface area contributed by atoms with E-state index in [4.69, 9.17) is 4.74 Å². The van der Waals surface area contributed by atoms with Gasteiger partial charge in [0.25, 0.3) is 5.91 Å². The van der Waals surface area contributed by atoms with Crippen LogP contribution < -0.4 is 9.64 Å². The number of amides is 1. The fraction of sp³-hybridized carbons (Fsp3) is 0.632. The van der Waals surface area contributed by atoms with E-state index in [1.54, 1.807) is 4.90 Å². The first kappa shape index (κ1) is 15.0. The second-order valence-corrected chi connectivity index (χ2v) is 7.42. The van der Waals surface area contributed by atoms with Gasteiger partial charge in [-0.2, -0.15) is 0 Å². The molecule has 1 N–H and O–H groups in total. The minimum absolute atomic E-state index is 0.126. The van der Waals surface area contributed by atoms with E-state index in [1.165, 1.54) is 25.7 Å². The predicted molar refractivity (Wildman–Crippen MR) is 88.4 cm³/mol. The number of rotatable bonds is 4. The Morgan fingerprint density at radius 1 is 1.13 bits per heavy atom. The van der Waals surface area contributed by atoms with Crippen molar-refractivity contribution >= 4 is 5.91 Å². The van der Waals surface area contributed by atoms with E-state index < -0.39 is 0 Å². The summed E-state index contributed by atoms with van der Waals surface area (Å²) in [5, 5.41) is 0. The van der Waals surface area contributed by atoms with Gasteiger partial charge in [-0.05, 0) is 37.3 Å². The molecule has 124 valence electrons. The van der Waals surface area contributed by atoms with Gasteiger partial charge in [-0.15, -0.1) is 0 Å². The lowest BCUT2D eigenvalue weighted by Gasteiger charge is -2.38. The van der Waals surface area contributed by atoms with Gasteiger partial charge >= 0.3 is 0 Å². The normalized spacial score (nSPS) is 30.6. The highest BCUT2D eigenvalue weighted by Gasteiger charge is 2.45. The molecule has 4 rings (SSSR count). The molecule has 3 aliphatic rings. The Hall–Kier alpha value is -1.55. The Labute approximate surface area is 138 Å². The third-order valence-corrected chi connectivity index (χ3v) is 6.13. The Balaban J connectivity index is 1.24. The predicted octanol–water partition coefficient (Wildman–Crippen LogP) is 0.981. The van der Waals surface area contributed by atoms with Gasteiger partial charge in [0, 0.05) is 12.3 Å². The summed E-state index contributed by atoms with van der Waals surface area (Å²) in [7, 11) is 0. The van der Waals surface area contributed by atoms with Crippen molar-refractivity contribution < 1.29 is 14.4 Å². The number of piperazine rings is 1. The summed E-state index contributed by atoms with van der Waals surface area (Å²) in [6.07, 6.45) is 5.83. The van der Waals surface area contributed by atoms with Crippen molar-refractivity contribution in [1.82, 2.24) is 4.90 Å². The van der Waals surface area contributed by atoms with Crippen LogP contribution in [-0.2, 0) is 4.79 Å². The topological polar surface area (TPSA) is 34.0 Å². The quantitative estimate of drug-likeness (QED) is 0.899. The van der Waals surface area contributed by atoms with Crippen LogP contribution in [0.15, 0.2) is 30.3 Å². The lowest BCUT2D eigenvalue weighted by atomic mass is 9.93. The van der Waals surface area contributed by atoms with Crippen LogP contribution in [0.4, 0.5) is 0 Å². The van der Waals surface area contributed by atoms with Crippen LogP contribution in [0, 0.1) is 11.8 Å². The van der Waals surface area contributed by atoms with Gasteiger partial charge in [-0.3, -0.25) is 4.79 Å². The number of carbonyl (C=O) groups is 1. The number of carbonyl (C=O) groups excluding carboxylic acids is 1. The molecule has 0 spiro atoms. The molecule has 1 heterocycles.